The van der Waals surface area contributed by atoms with Crippen LogP contribution in [-0.4, -0.2) is 42.1 Å². The van der Waals surface area contributed by atoms with Gasteiger partial charge in [0.1, 0.15) is 11.9 Å². The van der Waals surface area contributed by atoms with Crippen LogP contribution in [0.1, 0.15) is 24.3 Å². The van der Waals surface area contributed by atoms with Crippen LogP contribution >= 0.6 is 0 Å². The van der Waals surface area contributed by atoms with Gasteiger partial charge in [-0.2, -0.15) is 0 Å². The van der Waals surface area contributed by atoms with Crippen molar-refractivity contribution >= 4 is 17.6 Å². The molecule has 0 spiro atoms. The topological polar surface area (TPSA) is 96.0 Å². The molecule has 1 rings (SSSR count). The summed E-state index contributed by atoms with van der Waals surface area (Å²) in [6.07, 6.45) is 0. The Morgan fingerprint density at radius 1 is 1.11 bits per heavy atom. The van der Waals surface area contributed by atoms with Gasteiger partial charge < -0.3 is 16.0 Å². The fraction of sp³-hybridized carbons (Fsp3) is 0.500. The lowest BCUT2D eigenvalue weighted by molar-refractivity contribution is -0.122. The van der Waals surface area contributed by atoms with Crippen LogP contribution in [0.3, 0.4) is 0 Å². The van der Waals surface area contributed by atoms with Crippen molar-refractivity contribution in [2.24, 2.45) is 5.92 Å². The molecule has 1 aromatic heterocycles. The molecule has 0 bridgehead atoms. The normalized spacial score (nSPS) is 11.8. The molecule has 0 aliphatic rings. The zero-order valence-corrected chi connectivity index (χ0v) is 11.5. The van der Waals surface area contributed by atoms with Crippen LogP contribution in [0.5, 0.6) is 0 Å². The van der Waals surface area contributed by atoms with Gasteiger partial charge in [0.25, 0.3) is 5.91 Å². The van der Waals surface area contributed by atoms with Crippen LogP contribution in [-0.2, 0) is 4.79 Å². The number of rotatable bonds is 5. The van der Waals surface area contributed by atoms with E-state index in [9.17, 15) is 9.59 Å². The Morgan fingerprint density at radius 2 is 1.79 bits per heavy atom. The number of hydrogen-bond acceptors (Lipinski definition) is 5. The molecule has 0 aliphatic carbocycles. The Kier molecular flexibility index (Phi) is 5.23. The third kappa shape index (κ3) is 3.90. The minimum Gasteiger partial charge on any atom is -0.357 e. The van der Waals surface area contributed by atoms with Crippen LogP contribution in [0.15, 0.2) is 12.1 Å². The number of carbonyl (C=O) groups is 2. The quantitative estimate of drug-likeness (QED) is 0.697. The molecule has 7 heteroatoms. The first-order valence-corrected chi connectivity index (χ1v) is 6.03. The van der Waals surface area contributed by atoms with Crippen LogP contribution in [0, 0.1) is 5.92 Å². The minimum atomic E-state index is -0.398. The highest BCUT2D eigenvalue weighted by atomic mass is 16.2. The molecule has 1 heterocycles. The average Bonchev–Trinajstić information content (AvgIpc) is 2.43. The van der Waals surface area contributed by atoms with E-state index >= 15 is 0 Å². The Bertz CT molecular complexity index is 444. The summed E-state index contributed by atoms with van der Waals surface area (Å²) in [7, 11) is 3.11. The average molecular weight is 265 g/mol. The summed E-state index contributed by atoms with van der Waals surface area (Å²) < 4.78 is 0. The second-order valence-corrected chi connectivity index (χ2v) is 4.36. The number of likely N-dealkylation sites (N-methyl/N-ethyl adjacent to an activating group) is 1. The summed E-state index contributed by atoms with van der Waals surface area (Å²) in [6.45, 7) is 3.86. The maximum Gasteiger partial charge on any atom is 0.271 e. The molecule has 19 heavy (non-hydrogen) atoms. The molecule has 0 saturated heterocycles. The first kappa shape index (κ1) is 14.9. The van der Waals surface area contributed by atoms with E-state index in [1.54, 1.807) is 19.2 Å². The molecule has 0 aliphatic heterocycles. The summed E-state index contributed by atoms with van der Waals surface area (Å²) in [6, 6.07) is 2.77. The molecule has 7 nitrogen and oxygen atoms in total. The molecule has 0 saturated carbocycles. The molecule has 1 aromatic rings. The Morgan fingerprint density at radius 3 is 2.21 bits per heavy atom. The molecule has 1 atom stereocenters. The van der Waals surface area contributed by atoms with Crippen molar-refractivity contribution in [1.29, 1.82) is 0 Å². The summed E-state index contributed by atoms with van der Waals surface area (Å²) >= 11 is 0. The highest BCUT2D eigenvalue weighted by Gasteiger charge is 2.21. The summed E-state index contributed by atoms with van der Waals surface area (Å²) in [5, 5.41) is 15.7. The molecule has 3 N–H and O–H groups in total. The number of hydrogen-bond donors (Lipinski definition) is 3. The van der Waals surface area contributed by atoms with Gasteiger partial charge in [-0.1, -0.05) is 13.8 Å². The second kappa shape index (κ2) is 6.67. The second-order valence-electron chi connectivity index (χ2n) is 4.36. The summed E-state index contributed by atoms with van der Waals surface area (Å²) in [4.78, 5) is 23.0. The van der Waals surface area contributed by atoms with Crippen molar-refractivity contribution < 1.29 is 9.59 Å². The monoisotopic (exact) mass is 265 g/mol. The fourth-order valence-electron chi connectivity index (χ4n) is 1.51. The maximum atomic E-state index is 11.7. The lowest BCUT2D eigenvalue weighted by Crippen LogP contribution is -2.41. The molecule has 0 fully saturated rings. The number of nitrogens with one attached hydrogen (secondary N) is 3. The first-order chi connectivity index (χ1) is 8.99. The van der Waals surface area contributed by atoms with E-state index in [0.717, 1.165) is 0 Å². The lowest BCUT2D eigenvalue weighted by atomic mass is 10.0. The van der Waals surface area contributed by atoms with E-state index in [4.69, 9.17) is 0 Å². The number of anilines is 1. The Labute approximate surface area is 112 Å². The predicted molar refractivity (Wildman–Crippen MR) is 71.7 cm³/mol. The largest absolute Gasteiger partial charge is 0.357 e. The molecular formula is C12H19N5O2. The Balaban J connectivity index is 2.81. The highest BCUT2D eigenvalue weighted by molar-refractivity contribution is 5.92. The molecule has 0 radical (unpaired) electrons. The number of amides is 2. The van der Waals surface area contributed by atoms with E-state index < -0.39 is 6.04 Å². The first-order valence-electron chi connectivity index (χ1n) is 6.03. The van der Waals surface area contributed by atoms with Gasteiger partial charge in [-0.05, 0) is 18.1 Å². The predicted octanol–water partition coefficient (Wildman–Crippen LogP) is 0.0187. The van der Waals surface area contributed by atoms with Crippen molar-refractivity contribution in [3.63, 3.8) is 0 Å². The van der Waals surface area contributed by atoms with Gasteiger partial charge in [0.2, 0.25) is 5.91 Å². The Hall–Kier alpha value is -2.18. The van der Waals surface area contributed by atoms with Crippen molar-refractivity contribution in [2.45, 2.75) is 19.9 Å². The van der Waals surface area contributed by atoms with Crippen LogP contribution < -0.4 is 16.0 Å². The van der Waals surface area contributed by atoms with Crippen molar-refractivity contribution in [1.82, 2.24) is 20.8 Å². The smallest absolute Gasteiger partial charge is 0.271 e. The van der Waals surface area contributed by atoms with E-state index in [1.165, 1.54) is 7.05 Å². The maximum absolute atomic E-state index is 11.7. The van der Waals surface area contributed by atoms with Crippen LogP contribution in [0.25, 0.3) is 0 Å². The van der Waals surface area contributed by atoms with Crippen LogP contribution in [0.4, 0.5) is 5.82 Å². The third-order valence-corrected chi connectivity index (χ3v) is 2.62. The number of carbonyl (C=O) groups excluding carboxylic acids is 2. The van der Waals surface area contributed by atoms with Crippen molar-refractivity contribution in [2.75, 3.05) is 19.4 Å². The van der Waals surface area contributed by atoms with Gasteiger partial charge in [-0.15, -0.1) is 10.2 Å². The molecule has 2 amide bonds. The number of aromatic nitrogens is 2. The highest BCUT2D eigenvalue weighted by Crippen LogP contribution is 2.10. The van der Waals surface area contributed by atoms with E-state index in [1.807, 2.05) is 13.8 Å². The molecule has 104 valence electrons. The van der Waals surface area contributed by atoms with Crippen molar-refractivity contribution in [3.05, 3.63) is 17.8 Å². The number of nitrogens with zero attached hydrogens (tertiary/aromatic N) is 2. The van der Waals surface area contributed by atoms with Gasteiger partial charge in [0, 0.05) is 14.1 Å². The van der Waals surface area contributed by atoms with Gasteiger partial charge in [-0.3, -0.25) is 9.59 Å². The van der Waals surface area contributed by atoms with Gasteiger partial charge in [0.05, 0.1) is 0 Å². The zero-order valence-electron chi connectivity index (χ0n) is 11.5. The summed E-state index contributed by atoms with van der Waals surface area (Å²) in [5.74, 6) is 0.133. The minimum absolute atomic E-state index is 0.0976. The lowest BCUT2D eigenvalue weighted by Gasteiger charge is -2.20. The van der Waals surface area contributed by atoms with Gasteiger partial charge in [0.15, 0.2) is 5.69 Å². The zero-order chi connectivity index (χ0) is 14.4. The molecule has 1 unspecified atom stereocenters. The molecular weight excluding hydrogens is 246 g/mol. The van der Waals surface area contributed by atoms with Crippen molar-refractivity contribution in [3.8, 4) is 0 Å². The summed E-state index contributed by atoms with van der Waals surface area (Å²) in [5.41, 5.74) is 0.231. The third-order valence-electron chi connectivity index (χ3n) is 2.62. The molecule has 0 aromatic carbocycles. The van der Waals surface area contributed by atoms with Gasteiger partial charge in [-0.25, -0.2) is 0 Å². The standard InChI is InChI=1S/C12H19N5O2/c1-7(2)10(12(19)14-4)15-9-6-5-8(16-17-9)11(18)13-3/h5-7,10H,1-4H3,(H,13,18)(H,14,19)(H,15,17). The van der Waals surface area contributed by atoms with Gasteiger partial charge >= 0.3 is 0 Å². The van der Waals surface area contributed by atoms with Crippen LogP contribution in [0.2, 0.25) is 0 Å². The van der Waals surface area contributed by atoms with E-state index in [-0.39, 0.29) is 23.4 Å². The fourth-order valence-corrected chi connectivity index (χ4v) is 1.51. The van der Waals surface area contributed by atoms with E-state index in [2.05, 4.69) is 26.1 Å². The SMILES string of the molecule is CNC(=O)c1ccc(NC(C(=O)NC)C(C)C)nn1. The van der Waals surface area contributed by atoms with E-state index in [0.29, 0.717) is 5.82 Å².